The van der Waals surface area contributed by atoms with Crippen molar-refractivity contribution in [1.29, 1.82) is 0 Å². The summed E-state index contributed by atoms with van der Waals surface area (Å²) in [5, 5.41) is 12.4. The van der Waals surface area contributed by atoms with Gasteiger partial charge in [-0.2, -0.15) is 0 Å². The Morgan fingerprint density at radius 2 is 2.14 bits per heavy atom. The Kier molecular flexibility index (Phi) is 5.88. The molecule has 4 heterocycles. The van der Waals surface area contributed by atoms with Crippen molar-refractivity contribution in [2.45, 2.75) is 58.6 Å². The summed E-state index contributed by atoms with van der Waals surface area (Å²) in [5.41, 5.74) is 1.92. The standard InChI is InChI=1S/C24H34N2O2/c1-4-17-15-26-11-8-18(17)13-23(26)24(27)20-7-10-25-22-6-5-19(14-21(20)22)28-12-9-16(2)3/h5-7,10,14,16-18,23-24,27H,4,8-9,11-13,15H2,1-3H3/t17?,18?,23?,24-/m1/s1. The lowest BCUT2D eigenvalue weighted by molar-refractivity contribution is -0.0562. The topological polar surface area (TPSA) is 45.6 Å². The fraction of sp³-hybridized carbons (Fsp3) is 0.625. The monoisotopic (exact) mass is 382 g/mol. The molecule has 1 N–H and O–H groups in total. The highest BCUT2D eigenvalue weighted by molar-refractivity contribution is 5.84. The van der Waals surface area contributed by atoms with Crippen LogP contribution in [-0.4, -0.2) is 40.7 Å². The first-order valence-corrected chi connectivity index (χ1v) is 11.0. The van der Waals surface area contributed by atoms with Crippen molar-refractivity contribution in [2.24, 2.45) is 17.8 Å². The SMILES string of the molecule is CCC1CN2CCC1CC2[C@H](O)c1ccnc2ccc(OCCC(C)C)cc12. The molecular formula is C24H34N2O2. The second-order valence-corrected chi connectivity index (χ2v) is 9.07. The summed E-state index contributed by atoms with van der Waals surface area (Å²) in [6.45, 7) is 9.69. The van der Waals surface area contributed by atoms with Gasteiger partial charge in [0.05, 0.1) is 18.2 Å². The molecule has 2 aromatic rings. The number of aliphatic hydroxyl groups is 1. The molecule has 1 aromatic carbocycles. The lowest BCUT2D eigenvalue weighted by Crippen LogP contribution is -2.55. The zero-order chi connectivity index (χ0) is 19.7. The number of rotatable bonds is 7. The van der Waals surface area contributed by atoms with E-state index in [1.165, 1.54) is 12.8 Å². The van der Waals surface area contributed by atoms with E-state index in [1.54, 1.807) is 0 Å². The van der Waals surface area contributed by atoms with Crippen molar-refractivity contribution in [2.75, 3.05) is 19.7 Å². The van der Waals surface area contributed by atoms with Crippen molar-refractivity contribution >= 4 is 10.9 Å². The van der Waals surface area contributed by atoms with Crippen LogP contribution in [0.1, 0.15) is 58.1 Å². The van der Waals surface area contributed by atoms with Gasteiger partial charge in [0.15, 0.2) is 0 Å². The number of benzene rings is 1. The first-order valence-electron chi connectivity index (χ1n) is 11.0. The first-order chi connectivity index (χ1) is 13.6. The van der Waals surface area contributed by atoms with Crippen LogP contribution in [0.25, 0.3) is 10.9 Å². The molecule has 4 heteroatoms. The van der Waals surface area contributed by atoms with Crippen LogP contribution in [0.5, 0.6) is 5.75 Å². The summed E-state index contributed by atoms with van der Waals surface area (Å²) in [7, 11) is 0. The maximum absolute atomic E-state index is 11.4. The van der Waals surface area contributed by atoms with Gasteiger partial charge in [0.1, 0.15) is 5.75 Å². The summed E-state index contributed by atoms with van der Waals surface area (Å²) in [5.74, 6) is 3.05. The van der Waals surface area contributed by atoms with Crippen LogP contribution in [-0.2, 0) is 0 Å². The van der Waals surface area contributed by atoms with E-state index in [2.05, 4.69) is 36.7 Å². The van der Waals surface area contributed by atoms with Crippen LogP contribution in [0.2, 0.25) is 0 Å². The number of pyridine rings is 1. The van der Waals surface area contributed by atoms with Crippen LogP contribution < -0.4 is 4.74 Å². The van der Waals surface area contributed by atoms with Gasteiger partial charge in [0.25, 0.3) is 0 Å². The Morgan fingerprint density at radius 1 is 1.29 bits per heavy atom. The van der Waals surface area contributed by atoms with Crippen molar-refractivity contribution in [3.63, 3.8) is 0 Å². The fourth-order valence-corrected chi connectivity index (χ4v) is 5.08. The Balaban J connectivity index is 1.57. The van der Waals surface area contributed by atoms with Crippen molar-refractivity contribution < 1.29 is 9.84 Å². The quantitative estimate of drug-likeness (QED) is 0.746. The molecule has 0 saturated carbocycles. The number of piperidine rings is 3. The number of aliphatic hydroxyl groups excluding tert-OH is 1. The summed E-state index contributed by atoms with van der Waals surface area (Å²) < 4.78 is 5.96. The summed E-state index contributed by atoms with van der Waals surface area (Å²) in [6.07, 6.45) is 6.03. The smallest absolute Gasteiger partial charge is 0.120 e. The van der Waals surface area contributed by atoms with E-state index in [-0.39, 0.29) is 6.04 Å². The number of nitrogens with zero attached hydrogens (tertiary/aromatic N) is 2. The molecule has 1 aromatic heterocycles. The van der Waals surface area contributed by atoms with E-state index >= 15 is 0 Å². The largest absolute Gasteiger partial charge is 0.494 e. The van der Waals surface area contributed by atoms with Gasteiger partial charge < -0.3 is 9.84 Å². The molecule has 28 heavy (non-hydrogen) atoms. The van der Waals surface area contributed by atoms with E-state index in [4.69, 9.17) is 4.74 Å². The van der Waals surface area contributed by atoms with Crippen LogP contribution in [0.3, 0.4) is 0 Å². The van der Waals surface area contributed by atoms with Crippen LogP contribution in [0.4, 0.5) is 0 Å². The molecule has 4 unspecified atom stereocenters. The molecule has 152 valence electrons. The number of aromatic nitrogens is 1. The highest BCUT2D eigenvalue weighted by Crippen LogP contribution is 2.42. The van der Waals surface area contributed by atoms with Crippen LogP contribution >= 0.6 is 0 Å². The minimum atomic E-state index is -0.475. The molecule has 3 aliphatic heterocycles. The summed E-state index contributed by atoms with van der Waals surface area (Å²) in [4.78, 5) is 7.03. The van der Waals surface area contributed by atoms with E-state index in [9.17, 15) is 5.11 Å². The number of fused-ring (bicyclic) bond motifs is 4. The second kappa shape index (κ2) is 8.38. The Morgan fingerprint density at radius 3 is 2.86 bits per heavy atom. The molecule has 0 radical (unpaired) electrons. The van der Waals surface area contributed by atoms with Gasteiger partial charge in [-0.1, -0.05) is 27.2 Å². The van der Waals surface area contributed by atoms with E-state index in [1.807, 2.05) is 24.4 Å². The van der Waals surface area contributed by atoms with Gasteiger partial charge in [-0.15, -0.1) is 0 Å². The van der Waals surface area contributed by atoms with Crippen molar-refractivity contribution in [3.8, 4) is 5.75 Å². The molecule has 4 nitrogen and oxygen atoms in total. The van der Waals surface area contributed by atoms with Crippen molar-refractivity contribution in [3.05, 3.63) is 36.0 Å². The predicted molar refractivity (Wildman–Crippen MR) is 114 cm³/mol. The number of hydrogen-bond acceptors (Lipinski definition) is 4. The Labute approximate surface area is 168 Å². The van der Waals surface area contributed by atoms with Gasteiger partial charge in [0.2, 0.25) is 0 Å². The minimum absolute atomic E-state index is 0.220. The molecule has 3 aliphatic rings. The van der Waals surface area contributed by atoms with E-state index in [0.717, 1.165) is 66.6 Å². The Hall–Kier alpha value is -1.65. The lowest BCUT2D eigenvalue weighted by Gasteiger charge is -2.51. The Bertz CT molecular complexity index is 806. The second-order valence-electron chi connectivity index (χ2n) is 9.07. The first kappa shape index (κ1) is 19.7. The molecule has 5 rings (SSSR count). The third kappa shape index (κ3) is 3.90. The van der Waals surface area contributed by atoms with Crippen LogP contribution in [0, 0.1) is 17.8 Å². The molecule has 3 fully saturated rings. The van der Waals surface area contributed by atoms with E-state index < -0.39 is 6.10 Å². The molecule has 0 aliphatic carbocycles. The average molecular weight is 383 g/mol. The molecule has 5 atom stereocenters. The fourth-order valence-electron chi connectivity index (χ4n) is 5.08. The van der Waals surface area contributed by atoms with Gasteiger partial charge in [-0.3, -0.25) is 9.88 Å². The zero-order valence-electron chi connectivity index (χ0n) is 17.5. The maximum Gasteiger partial charge on any atom is 0.120 e. The maximum atomic E-state index is 11.4. The number of hydrogen-bond donors (Lipinski definition) is 1. The van der Waals surface area contributed by atoms with Gasteiger partial charge in [0, 0.05) is 24.2 Å². The molecular weight excluding hydrogens is 348 g/mol. The lowest BCUT2D eigenvalue weighted by atomic mass is 9.72. The molecule has 2 bridgehead atoms. The van der Waals surface area contributed by atoms with Gasteiger partial charge in [-0.05, 0) is 73.4 Å². The average Bonchev–Trinajstić information content (AvgIpc) is 2.72. The molecule has 0 amide bonds. The molecule has 0 spiro atoms. The molecule has 3 saturated heterocycles. The van der Waals surface area contributed by atoms with Crippen LogP contribution in [0.15, 0.2) is 30.5 Å². The normalized spacial score (nSPS) is 28.0. The minimum Gasteiger partial charge on any atom is -0.494 e. The highest BCUT2D eigenvalue weighted by Gasteiger charge is 2.42. The predicted octanol–water partition coefficient (Wildman–Crippen LogP) is 4.81. The summed E-state index contributed by atoms with van der Waals surface area (Å²) >= 11 is 0. The third-order valence-electron chi connectivity index (χ3n) is 6.85. The van der Waals surface area contributed by atoms with E-state index in [0.29, 0.717) is 5.92 Å². The van der Waals surface area contributed by atoms with Gasteiger partial charge in [-0.25, -0.2) is 0 Å². The third-order valence-corrected chi connectivity index (χ3v) is 6.85. The van der Waals surface area contributed by atoms with Gasteiger partial charge >= 0.3 is 0 Å². The number of ether oxygens (including phenoxy) is 1. The zero-order valence-corrected chi connectivity index (χ0v) is 17.5. The highest BCUT2D eigenvalue weighted by atomic mass is 16.5. The van der Waals surface area contributed by atoms with Crippen molar-refractivity contribution in [1.82, 2.24) is 9.88 Å². The summed E-state index contributed by atoms with van der Waals surface area (Å²) in [6, 6.07) is 8.27.